The van der Waals surface area contributed by atoms with E-state index in [2.05, 4.69) is 15.3 Å². The number of benzene rings is 1. The maximum absolute atomic E-state index is 12.8. The van der Waals surface area contributed by atoms with Gasteiger partial charge in [-0.15, -0.1) is 0 Å². The van der Waals surface area contributed by atoms with Crippen LogP contribution in [0, 0.1) is 0 Å². The van der Waals surface area contributed by atoms with Gasteiger partial charge in [0.15, 0.2) is 11.6 Å². The van der Waals surface area contributed by atoms with E-state index in [-0.39, 0.29) is 5.91 Å². The van der Waals surface area contributed by atoms with Crippen molar-refractivity contribution >= 4 is 28.7 Å². The summed E-state index contributed by atoms with van der Waals surface area (Å²) >= 11 is 0. The first-order valence-electron chi connectivity index (χ1n) is 9.64. The minimum absolute atomic E-state index is 0.224. The molecule has 1 aromatic carbocycles. The molecular formula is C21H24N4O4. The van der Waals surface area contributed by atoms with Crippen LogP contribution >= 0.6 is 0 Å². The van der Waals surface area contributed by atoms with Crippen molar-refractivity contribution in [2.24, 2.45) is 0 Å². The van der Waals surface area contributed by atoms with E-state index in [1.807, 2.05) is 39.0 Å². The Kier molecular flexibility index (Phi) is 4.77. The van der Waals surface area contributed by atoms with E-state index in [0.717, 1.165) is 17.5 Å². The monoisotopic (exact) mass is 396 g/mol. The number of anilines is 1. The highest BCUT2D eigenvalue weighted by Gasteiger charge is 2.36. The molecule has 1 fully saturated rings. The second-order valence-electron chi connectivity index (χ2n) is 8.12. The number of hydrogen-bond donors (Lipinski definition) is 2. The number of nitrogens with one attached hydrogen (secondary N) is 2. The average molecular weight is 396 g/mol. The number of aromatic amines is 1. The van der Waals surface area contributed by atoms with E-state index in [1.54, 1.807) is 18.4 Å². The quantitative estimate of drug-likeness (QED) is 0.692. The smallest absolute Gasteiger partial charge is 0.410 e. The zero-order valence-electron chi connectivity index (χ0n) is 16.7. The summed E-state index contributed by atoms with van der Waals surface area (Å²) in [5, 5.41) is 2.91. The molecule has 1 aliphatic rings. The van der Waals surface area contributed by atoms with Crippen molar-refractivity contribution in [3.05, 3.63) is 36.6 Å². The van der Waals surface area contributed by atoms with Gasteiger partial charge in [-0.05, 0) is 63.9 Å². The number of aromatic nitrogens is 2. The molecule has 4 rings (SSSR count). The fraction of sp³-hybridized carbons (Fsp3) is 0.381. The first-order valence-corrected chi connectivity index (χ1v) is 9.64. The number of rotatable bonds is 3. The molecule has 2 N–H and O–H groups in total. The number of fused-ring (bicyclic) bond motifs is 1. The molecule has 3 aromatic rings. The number of imidazole rings is 1. The van der Waals surface area contributed by atoms with Gasteiger partial charge in [0.2, 0.25) is 5.91 Å². The van der Waals surface area contributed by atoms with Crippen LogP contribution in [0.4, 0.5) is 10.5 Å². The lowest BCUT2D eigenvalue weighted by atomic mass is 10.2. The summed E-state index contributed by atoms with van der Waals surface area (Å²) in [6.45, 7) is 5.95. The normalized spacial score (nSPS) is 16.9. The lowest BCUT2D eigenvalue weighted by Crippen LogP contribution is -2.45. The predicted molar refractivity (Wildman–Crippen MR) is 108 cm³/mol. The first-order chi connectivity index (χ1) is 13.8. The Bertz CT molecular complexity index is 1030. The Morgan fingerprint density at radius 2 is 2.14 bits per heavy atom. The molecular weight excluding hydrogens is 372 g/mol. The molecule has 1 atom stereocenters. The fourth-order valence-corrected chi connectivity index (χ4v) is 3.42. The summed E-state index contributed by atoms with van der Waals surface area (Å²) in [5.41, 5.74) is 1.58. The van der Waals surface area contributed by atoms with Crippen molar-refractivity contribution < 1.29 is 18.7 Å². The van der Waals surface area contributed by atoms with Crippen molar-refractivity contribution in [3.8, 4) is 11.6 Å². The lowest BCUT2D eigenvalue weighted by Gasteiger charge is -2.28. The van der Waals surface area contributed by atoms with E-state index < -0.39 is 17.7 Å². The van der Waals surface area contributed by atoms with Crippen LogP contribution in [0.3, 0.4) is 0 Å². The Labute approximate surface area is 168 Å². The Morgan fingerprint density at radius 3 is 2.86 bits per heavy atom. The minimum atomic E-state index is -0.599. The molecule has 1 aliphatic heterocycles. The van der Waals surface area contributed by atoms with Crippen LogP contribution in [0.15, 0.2) is 41.0 Å². The topological polar surface area (TPSA) is 100 Å². The lowest BCUT2D eigenvalue weighted by molar-refractivity contribution is -0.120. The molecule has 8 heteroatoms. The summed E-state index contributed by atoms with van der Waals surface area (Å²) in [7, 11) is 0. The van der Waals surface area contributed by atoms with E-state index in [0.29, 0.717) is 30.2 Å². The number of nitrogens with zero attached hydrogens (tertiary/aromatic N) is 2. The summed E-state index contributed by atoms with van der Waals surface area (Å²) in [4.78, 5) is 34.4. The second-order valence-corrected chi connectivity index (χ2v) is 8.12. The maximum Gasteiger partial charge on any atom is 0.410 e. The molecule has 152 valence electrons. The van der Waals surface area contributed by atoms with Crippen molar-refractivity contribution in [2.75, 3.05) is 11.9 Å². The van der Waals surface area contributed by atoms with Gasteiger partial charge in [0.25, 0.3) is 0 Å². The van der Waals surface area contributed by atoms with Crippen LogP contribution in [0.5, 0.6) is 0 Å². The maximum atomic E-state index is 12.8. The average Bonchev–Trinajstić information content (AvgIpc) is 3.38. The molecule has 1 saturated heterocycles. The predicted octanol–water partition coefficient (Wildman–Crippen LogP) is 4.16. The zero-order valence-corrected chi connectivity index (χ0v) is 16.7. The standard InChI is InChI=1S/C21H24N4O4/c1-21(2,3)29-20(27)25-10-4-6-16(25)19(26)22-13-8-9-14-15(12-13)24-18(23-14)17-7-5-11-28-17/h5,7-9,11-12,16H,4,6,10H2,1-3H3,(H,22,26)(H,23,24). The molecule has 2 amide bonds. The Morgan fingerprint density at radius 1 is 1.31 bits per heavy atom. The Hall–Kier alpha value is -3.29. The van der Waals surface area contributed by atoms with Gasteiger partial charge in [-0.2, -0.15) is 0 Å². The summed E-state index contributed by atoms with van der Waals surface area (Å²) < 4.78 is 10.8. The minimum Gasteiger partial charge on any atom is -0.461 e. The number of carbonyl (C=O) groups excluding carboxylic acids is 2. The number of hydrogen-bond acceptors (Lipinski definition) is 5. The fourth-order valence-electron chi connectivity index (χ4n) is 3.42. The SMILES string of the molecule is CC(C)(C)OC(=O)N1CCCC1C(=O)Nc1ccc2nc(-c3ccco3)[nH]c2c1. The van der Waals surface area contributed by atoms with Crippen molar-refractivity contribution in [1.82, 2.24) is 14.9 Å². The van der Waals surface area contributed by atoms with Gasteiger partial charge in [0.1, 0.15) is 11.6 Å². The van der Waals surface area contributed by atoms with Gasteiger partial charge in [0.05, 0.1) is 17.3 Å². The van der Waals surface area contributed by atoms with E-state index in [4.69, 9.17) is 9.15 Å². The highest BCUT2D eigenvalue weighted by atomic mass is 16.6. The van der Waals surface area contributed by atoms with Gasteiger partial charge in [-0.25, -0.2) is 9.78 Å². The van der Waals surface area contributed by atoms with E-state index in [9.17, 15) is 9.59 Å². The Balaban J connectivity index is 1.48. The summed E-state index contributed by atoms with van der Waals surface area (Å²) in [5.74, 6) is 1.05. The summed E-state index contributed by atoms with van der Waals surface area (Å²) in [6, 6.07) is 8.52. The molecule has 0 radical (unpaired) electrons. The molecule has 0 saturated carbocycles. The van der Waals surface area contributed by atoms with Gasteiger partial charge in [0, 0.05) is 12.2 Å². The van der Waals surface area contributed by atoms with Gasteiger partial charge in [-0.1, -0.05) is 0 Å². The van der Waals surface area contributed by atoms with E-state index >= 15 is 0 Å². The molecule has 3 heterocycles. The van der Waals surface area contributed by atoms with Crippen LogP contribution in [0.1, 0.15) is 33.6 Å². The zero-order chi connectivity index (χ0) is 20.6. The molecule has 0 spiro atoms. The number of carbonyl (C=O) groups is 2. The highest BCUT2D eigenvalue weighted by molar-refractivity contribution is 5.98. The molecule has 8 nitrogen and oxygen atoms in total. The highest BCUT2D eigenvalue weighted by Crippen LogP contribution is 2.25. The largest absolute Gasteiger partial charge is 0.461 e. The van der Waals surface area contributed by atoms with Crippen molar-refractivity contribution in [3.63, 3.8) is 0 Å². The molecule has 0 bridgehead atoms. The van der Waals surface area contributed by atoms with Crippen molar-refractivity contribution in [1.29, 1.82) is 0 Å². The number of likely N-dealkylation sites (tertiary alicyclic amines) is 1. The molecule has 2 aromatic heterocycles. The molecule has 1 unspecified atom stereocenters. The first kappa shape index (κ1) is 19.0. The van der Waals surface area contributed by atoms with Crippen molar-refractivity contribution in [2.45, 2.75) is 45.3 Å². The number of H-pyrrole nitrogens is 1. The summed E-state index contributed by atoms with van der Waals surface area (Å²) in [6.07, 6.45) is 2.51. The third kappa shape index (κ3) is 4.11. The van der Waals surface area contributed by atoms with Crippen LogP contribution in [-0.4, -0.2) is 45.1 Å². The third-order valence-corrected chi connectivity index (χ3v) is 4.69. The third-order valence-electron chi connectivity index (χ3n) is 4.69. The van der Waals surface area contributed by atoms with Crippen LogP contribution in [-0.2, 0) is 9.53 Å². The number of amides is 2. The van der Waals surface area contributed by atoms with Crippen LogP contribution in [0.2, 0.25) is 0 Å². The molecule has 0 aliphatic carbocycles. The van der Waals surface area contributed by atoms with Crippen LogP contribution in [0.25, 0.3) is 22.6 Å². The van der Waals surface area contributed by atoms with Gasteiger partial charge >= 0.3 is 6.09 Å². The van der Waals surface area contributed by atoms with E-state index in [1.165, 1.54) is 4.90 Å². The van der Waals surface area contributed by atoms with Crippen LogP contribution < -0.4 is 5.32 Å². The number of ether oxygens (including phenoxy) is 1. The van der Waals surface area contributed by atoms with Gasteiger partial charge < -0.3 is 19.5 Å². The van der Waals surface area contributed by atoms with Gasteiger partial charge in [-0.3, -0.25) is 9.69 Å². The second kappa shape index (κ2) is 7.27. The molecule has 29 heavy (non-hydrogen) atoms. The number of furan rings is 1.